The van der Waals surface area contributed by atoms with Crippen LogP contribution in [0.5, 0.6) is 0 Å². The van der Waals surface area contributed by atoms with Crippen LogP contribution in [-0.2, 0) is 0 Å². The van der Waals surface area contributed by atoms with Crippen molar-refractivity contribution in [3.8, 4) is 0 Å². The summed E-state index contributed by atoms with van der Waals surface area (Å²) in [6, 6.07) is 9.49. The highest BCUT2D eigenvalue weighted by Gasteiger charge is 2.48. The van der Waals surface area contributed by atoms with Crippen LogP contribution in [0.2, 0.25) is 0 Å². The van der Waals surface area contributed by atoms with Crippen LogP contribution in [0.4, 0.5) is 46.5 Å². The van der Waals surface area contributed by atoms with Crippen LogP contribution in [0.25, 0.3) is 43.1 Å². The van der Waals surface area contributed by atoms with Crippen molar-refractivity contribution < 1.29 is 54.3 Å². The number of hydrogen-bond donors (Lipinski definition) is 0. The van der Waals surface area contributed by atoms with Gasteiger partial charge in [0.2, 0.25) is 0 Å². The standard InChI is InChI=1S/C48H34F8N2O4/c1-15(2)19-11-9-12-20(16(3)4)43(19)57-45(59)31-25-23-27(35(49)39(31)53)29-24-26-33(41(55)37(29)51)47(61)58(44-21(17(5)6)13-10-14-22(44)18(7)8)48(62)34(26)42(56)38(52)30(24)28(23)36(50)40(54)32(25)46(57)60/h9-18H,1-8H3. The summed E-state index contributed by atoms with van der Waals surface area (Å²) in [6.45, 7) is 13.7. The number of fused-ring (bicyclic) bond motifs is 2. The molecule has 316 valence electrons. The third-order valence-electron chi connectivity index (χ3n) is 12.3. The van der Waals surface area contributed by atoms with Crippen molar-refractivity contribution in [1.82, 2.24) is 0 Å². The van der Waals surface area contributed by atoms with E-state index in [1.807, 2.05) is 0 Å². The molecule has 0 atom stereocenters. The van der Waals surface area contributed by atoms with Gasteiger partial charge >= 0.3 is 0 Å². The monoisotopic (exact) mass is 854 g/mol. The maximum Gasteiger partial charge on any atom is 0.269 e. The summed E-state index contributed by atoms with van der Waals surface area (Å²) in [4.78, 5) is 59.1. The van der Waals surface area contributed by atoms with Gasteiger partial charge in [-0.25, -0.2) is 44.9 Å². The SMILES string of the molecule is CC(C)c1cccc(C(C)C)c1N1C(=O)c2c(F)c(F)c3c4c(F)c(F)c5c6c(c(F)c(F)c(c7c(F)c(F)c(c2c37)C1=O)c64)C(=O)N(c1c(C(C)C)cccc1C(C)C)C5=O. The number of halogens is 8. The van der Waals surface area contributed by atoms with Gasteiger partial charge < -0.3 is 0 Å². The number of rotatable bonds is 6. The Kier molecular flexibility index (Phi) is 8.93. The van der Waals surface area contributed by atoms with E-state index < -0.39 is 159 Å². The van der Waals surface area contributed by atoms with Crippen LogP contribution in [0, 0.1) is 46.5 Å². The van der Waals surface area contributed by atoms with Crippen molar-refractivity contribution in [2.45, 2.75) is 79.1 Å². The highest BCUT2D eigenvalue weighted by atomic mass is 19.2. The Morgan fingerprint density at radius 1 is 0.323 bits per heavy atom. The molecule has 0 aromatic heterocycles. The minimum absolute atomic E-state index is 0.100. The third-order valence-corrected chi connectivity index (χ3v) is 12.3. The minimum atomic E-state index is -2.12. The number of imide groups is 2. The molecule has 0 N–H and O–H groups in total. The Morgan fingerprint density at radius 2 is 0.532 bits per heavy atom. The van der Waals surface area contributed by atoms with Crippen LogP contribution in [0.3, 0.4) is 0 Å². The molecule has 0 radical (unpaired) electrons. The second-order valence-electron chi connectivity index (χ2n) is 17.1. The molecule has 9 rings (SSSR count). The third kappa shape index (κ3) is 4.91. The van der Waals surface area contributed by atoms with Gasteiger partial charge in [0.15, 0.2) is 46.5 Å². The molecule has 0 bridgehead atoms. The second kappa shape index (κ2) is 13.5. The molecule has 14 heteroatoms. The molecule has 7 aromatic carbocycles. The van der Waals surface area contributed by atoms with Gasteiger partial charge in [0, 0.05) is 43.1 Å². The molecule has 0 fully saturated rings. The fourth-order valence-corrected chi connectivity index (χ4v) is 9.58. The van der Waals surface area contributed by atoms with Crippen LogP contribution in [-0.4, -0.2) is 23.6 Å². The lowest BCUT2D eigenvalue weighted by Crippen LogP contribution is -2.43. The molecular weight excluding hydrogens is 821 g/mol. The predicted molar refractivity (Wildman–Crippen MR) is 219 cm³/mol. The van der Waals surface area contributed by atoms with Gasteiger partial charge in [0.05, 0.1) is 33.6 Å². The first-order valence-corrected chi connectivity index (χ1v) is 19.9. The number of carbonyl (C=O) groups excluding carboxylic acids is 4. The largest absolute Gasteiger partial charge is 0.269 e. The maximum absolute atomic E-state index is 17.0. The molecule has 2 heterocycles. The lowest BCUT2D eigenvalue weighted by atomic mass is 9.80. The number of para-hydroxylation sites is 2. The number of hydrogen-bond acceptors (Lipinski definition) is 4. The van der Waals surface area contributed by atoms with Gasteiger partial charge in [-0.3, -0.25) is 19.2 Å². The Hall–Kier alpha value is -6.44. The number of nitrogens with zero attached hydrogens (tertiary/aromatic N) is 2. The zero-order valence-electron chi connectivity index (χ0n) is 34.3. The van der Waals surface area contributed by atoms with Crippen molar-refractivity contribution in [3.05, 3.63) is 127 Å². The van der Waals surface area contributed by atoms with Crippen LogP contribution >= 0.6 is 0 Å². The van der Waals surface area contributed by atoms with Crippen LogP contribution < -0.4 is 9.80 Å². The van der Waals surface area contributed by atoms with Crippen molar-refractivity contribution in [2.75, 3.05) is 9.80 Å². The summed E-state index contributed by atoms with van der Waals surface area (Å²) in [5.74, 6) is -24.6. The van der Waals surface area contributed by atoms with Gasteiger partial charge in [-0.15, -0.1) is 0 Å². The molecular formula is C48H34F8N2O4. The molecule has 0 saturated carbocycles. The van der Waals surface area contributed by atoms with Gasteiger partial charge in [-0.2, -0.15) is 0 Å². The predicted octanol–water partition coefficient (Wildman–Crippen LogP) is 12.9. The summed E-state index contributed by atoms with van der Waals surface area (Å²) in [7, 11) is 0. The van der Waals surface area contributed by atoms with Gasteiger partial charge in [0.1, 0.15) is 0 Å². The number of anilines is 2. The minimum Gasteiger partial charge on any atom is -0.268 e. The average Bonchev–Trinajstić information content (AvgIpc) is 3.21. The van der Waals surface area contributed by atoms with E-state index in [2.05, 4.69) is 0 Å². The topological polar surface area (TPSA) is 74.8 Å². The number of amides is 4. The van der Waals surface area contributed by atoms with E-state index >= 15 is 35.1 Å². The van der Waals surface area contributed by atoms with Crippen molar-refractivity contribution >= 4 is 78.1 Å². The molecule has 7 aromatic rings. The Morgan fingerprint density at radius 3 is 0.726 bits per heavy atom. The van der Waals surface area contributed by atoms with Crippen molar-refractivity contribution in [2.24, 2.45) is 0 Å². The van der Waals surface area contributed by atoms with Crippen LogP contribution in [0.15, 0.2) is 36.4 Å². The molecule has 4 amide bonds. The summed E-state index contributed by atoms with van der Waals surface area (Å²) in [5, 5.41) is -9.98. The molecule has 0 unspecified atom stereocenters. The van der Waals surface area contributed by atoms with Gasteiger partial charge in [-0.05, 0) is 45.9 Å². The lowest BCUT2D eigenvalue weighted by Gasteiger charge is -2.34. The molecule has 0 aliphatic carbocycles. The Bertz CT molecular complexity index is 2870. The fraction of sp³-hybridized carbons (Fsp3) is 0.250. The summed E-state index contributed by atoms with van der Waals surface area (Å²) in [6.07, 6.45) is 0. The Labute approximate surface area is 348 Å². The Balaban J connectivity index is 1.46. The molecule has 0 spiro atoms. The highest BCUT2D eigenvalue weighted by molar-refractivity contribution is 6.46. The molecule has 6 nitrogen and oxygen atoms in total. The molecule has 0 saturated heterocycles. The first-order chi connectivity index (χ1) is 29.2. The summed E-state index contributed by atoms with van der Waals surface area (Å²) in [5.41, 5.74) is -4.04. The van der Waals surface area contributed by atoms with E-state index in [4.69, 9.17) is 0 Å². The van der Waals surface area contributed by atoms with E-state index in [-0.39, 0.29) is 11.4 Å². The van der Waals surface area contributed by atoms with E-state index in [1.165, 1.54) is 0 Å². The number of carbonyl (C=O) groups is 4. The van der Waals surface area contributed by atoms with Gasteiger partial charge in [0.25, 0.3) is 23.6 Å². The zero-order valence-corrected chi connectivity index (χ0v) is 34.3. The quantitative estimate of drug-likeness (QED) is 0.0723. The normalized spacial score (nSPS) is 14.5. The molecule has 2 aliphatic rings. The zero-order chi connectivity index (χ0) is 45.0. The van der Waals surface area contributed by atoms with Crippen LogP contribution in [0.1, 0.15) is 143 Å². The fourth-order valence-electron chi connectivity index (χ4n) is 9.58. The average molecular weight is 855 g/mol. The number of benzene rings is 7. The molecule has 62 heavy (non-hydrogen) atoms. The summed E-state index contributed by atoms with van der Waals surface area (Å²) >= 11 is 0. The maximum atomic E-state index is 17.0. The van der Waals surface area contributed by atoms with Crippen molar-refractivity contribution in [1.29, 1.82) is 0 Å². The highest BCUT2D eigenvalue weighted by Crippen LogP contribution is 2.54. The first kappa shape index (κ1) is 40.9. The molecule has 2 aliphatic heterocycles. The van der Waals surface area contributed by atoms with Crippen molar-refractivity contribution in [3.63, 3.8) is 0 Å². The smallest absolute Gasteiger partial charge is 0.268 e. The van der Waals surface area contributed by atoms with E-state index in [1.54, 1.807) is 91.8 Å². The lowest BCUT2D eigenvalue weighted by molar-refractivity contribution is 0.0871. The van der Waals surface area contributed by atoms with Gasteiger partial charge in [-0.1, -0.05) is 91.8 Å². The second-order valence-corrected chi connectivity index (χ2v) is 17.1. The summed E-state index contributed by atoms with van der Waals surface area (Å²) < 4.78 is 136. The first-order valence-electron chi connectivity index (χ1n) is 19.9. The van der Waals surface area contributed by atoms with E-state index in [9.17, 15) is 19.2 Å². The van der Waals surface area contributed by atoms with E-state index in [0.29, 0.717) is 32.1 Å². The van der Waals surface area contributed by atoms with E-state index in [0.717, 1.165) is 0 Å².